The first-order chi connectivity index (χ1) is 13.5. The van der Waals surface area contributed by atoms with Gasteiger partial charge < -0.3 is 5.32 Å². The molecular formula is C22H17N5O. The molecule has 4 aromatic rings. The summed E-state index contributed by atoms with van der Waals surface area (Å²) in [5.41, 5.74) is 5.44. The lowest BCUT2D eigenvalue weighted by Gasteiger charge is -2.11. The molecule has 0 aliphatic carbocycles. The van der Waals surface area contributed by atoms with Crippen LogP contribution in [-0.2, 0) is 7.05 Å². The van der Waals surface area contributed by atoms with Gasteiger partial charge in [-0.1, -0.05) is 18.2 Å². The number of fused-ring (bicyclic) bond motifs is 1. The Labute approximate surface area is 162 Å². The molecule has 0 aliphatic heterocycles. The molecule has 1 amide bonds. The smallest absolute Gasteiger partial charge is 0.273 e. The molecule has 0 atom stereocenters. The predicted molar refractivity (Wildman–Crippen MR) is 109 cm³/mol. The monoisotopic (exact) mass is 367 g/mol. The Morgan fingerprint density at radius 3 is 2.68 bits per heavy atom. The molecule has 2 aromatic heterocycles. The molecule has 0 fully saturated rings. The highest BCUT2D eigenvalue weighted by molar-refractivity contribution is 6.03. The zero-order valence-corrected chi connectivity index (χ0v) is 15.5. The number of nitrogens with zero attached hydrogens (tertiary/aromatic N) is 4. The van der Waals surface area contributed by atoms with E-state index in [4.69, 9.17) is 11.6 Å². The molecule has 1 N–H and O–H groups in total. The summed E-state index contributed by atoms with van der Waals surface area (Å²) in [4.78, 5) is 20.6. The number of aromatic nitrogens is 3. The van der Waals surface area contributed by atoms with Crippen LogP contribution < -0.4 is 5.32 Å². The summed E-state index contributed by atoms with van der Waals surface area (Å²) in [5.74, 6) is -0.199. The van der Waals surface area contributed by atoms with Crippen LogP contribution in [0.3, 0.4) is 0 Å². The number of pyridine rings is 1. The Balaban J connectivity index is 1.62. The Morgan fingerprint density at radius 1 is 1.11 bits per heavy atom. The first-order valence-electron chi connectivity index (χ1n) is 8.74. The van der Waals surface area contributed by atoms with Crippen LogP contribution in [0, 0.1) is 13.5 Å². The van der Waals surface area contributed by atoms with E-state index in [0.29, 0.717) is 11.4 Å². The number of hydrogen-bond acceptors (Lipinski definition) is 3. The average molecular weight is 367 g/mol. The summed E-state index contributed by atoms with van der Waals surface area (Å²) in [6.45, 7) is 9.06. The Kier molecular flexibility index (Phi) is 4.34. The maximum atomic E-state index is 12.4. The highest BCUT2D eigenvalue weighted by Crippen LogP contribution is 2.27. The van der Waals surface area contributed by atoms with E-state index in [0.717, 1.165) is 33.4 Å². The number of rotatable bonds is 3. The molecule has 6 heteroatoms. The highest BCUT2D eigenvalue weighted by Gasteiger charge is 2.12. The van der Waals surface area contributed by atoms with E-state index < -0.39 is 0 Å². The zero-order chi connectivity index (χ0) is 19.7. The maximum Gasteiger partial charge on any atom is 0.273 e. The van der Waals surface area contributed by atoms with Gasteiger partial charge in [0.1, 0.15) is 5.69 Å². The standard InChI is InChI=1S/C22H17N5O/c1-14-12-15(4-7-18(14)26-22(28)21-10-11-24-27(21)3)19-8-5-16-13-17(23-2)6-9-20(16)25-19/h4-13H,1,3H3,(H,26,28). The number of amides is 1. The Hall–Kier alpha value is -3.98. The summed E-state index contributed by atoms with van der Waals surface area (Å²) >= 11 is 0. The van der Waals surface area contributed by atoms with Gasteiger partial charge in [-0.15, -0.1) is 0 Å². The number of nitrogens with one attached hydrogen (secondary N) is 1. The minimum absolute atomic E-state index is 0.199. The van der Waals surface area contributed by atoms with E-state index in [2.05, 4.69) is 15.3 Å². The lowest BCUT2D eigenvalue weighted by atomic mass is 10.1. The first-order valence-corrected chi connectivity index (χ1v) is 8.74. The van der Waals surface area contributed by atoms with Crippen LogP contribution in [-0.4, -0.2) is 20.7 Å². The average Bonchev–Trinajstić information content (AvgIpc) is 3.14. The first kappa shape index (κ1) is 17.4. The third-order valence-corrected chi connectivity index (χ3v) is 4.63. The molecule has 4 rings (SSSR count). The van der Waals surface area contributed by atoms with Gasteiger partial charge in [0.15, 0.2) is 5.69 Å². The van der Waals surface area contributed by atoms with Crippen molar-refractivity contribution in [2.75, 3.05) is 5.32 Å². The van der Waals surface area contributed by atoms with Crippen molar-refractivity contribution in [3.63, 3.8) is 0 Å². The largest absolute Gasteiger partial charge is 0.320 e. The van der Waals surface area contributed by atoms with Gasteiger partial charge in [-0.2, -0.15) is 5.10 Å². The Morgan fingerprint density at radius 2 is 1.96 bits per heavy atom. The second-order valence-electron chi connectivity index (χ2n) is 6.51. The third-order valence-electron chi connectivity index (χ3n) is 4.63. The van der Waals surface area contributed by atoms with Crippen LogP contribution in [0.4, 0.5) is 11.4 Å². The van der Waals surface area contributed by atoms with Crippen molar-refractivity contribution in [2.45, 2.75) is 6.92 Å². The summed E-state index contributed by atoms with van der Waals surface area (Å²) < 4.78 is 1.54. The van der Waals surface area contributed by atoms with E-state index in [9.17, 15) is 4.79 Å². The van der Waals surface area contributed by atoms with E-state index >= 15 is 0 Å². The fourth-order valence-electron chi connectivity index (χ4n) is 3.09. The van der Waals surface area contributed by atoms with Crippen molar-refractivity contribution in [2.24, 2.45) is 7.05 Å². The second-order valence-corrected chi connectivity index (χ2v) is 6.51. The SMILES string of the molecule is [C-]#[N+]c1ccc2nc(-c3ccc(NC(=O)c4ccnn4C)c(C)c3)ccc2c1. The van der Waals surface area contributed by atoms with Gasteiger partial charge in [0.2, 0.25) is 0 Å². The van der Waals surface area contributed by atoms with E-state index in [1.54, 1.807) is 25.4 Å². The van der Waals surface area contributed by atoms with Crippen molar-refractivity contribution >= 4 is 28.2 Å². The minimum atomic E-state index is -0.199. The number of carbonyl (C=O) groups excluding carboxylic acids is 1. The molecule has 2 aromatic carbocycles. The van der Waals surface area contributed by atoms with Crippen molar-refractivity contribution in [1.82, 2.24) is 14.8 Å². The van der Waals surface area contributed by atoms with Crippen LogP contribution in [0.5, 0.6) is 0 Å². The van der Waals surface area contributed by atoms with Crippen molar-refractivity contribution in [3.05, 3.63) is 83.5 Å². The zero-order valence-electron chi connectivity index (χ0n) is 15.5. The van der Waals surface area contributed by atoms with Gasteiger partial charge >= 0.3 is 0 Å². The molecular weight excluding hydrogens is 350 g/mol. The van der Waals surface area contributed by atoms with Gasteiger partial charge in [0.05, 0.1) is 17.8 Å². The predicted octanol–water partition coefficient (Wildman–Crippen LogP) is 4.75. The molecule has 0 aliphatic rings. The summed E-state index contributed by atoms with van der Waals surface area (Å²) in [7, 11) is 1.73. The number of carbonyl (C=O) groups is 1. The van der Waals surface area contributed by atoms with Gasteiger partial charge in [0.25, 0.3) is 5.91 Å². The molecule has 28 heavy (non-hydrogen) atoms. The molecule has 0 saturated heterocycles. The van der Waals surface area contributed by atoms with Crippen LogP contribution in [0.25, 0.3) is 27.0 Å². The highest BCUT2D eigenvalue weighted by atomic mass is 16.2. The summed E-state index contributed by atoms with van der Waals surface area (Å²) in [6, 6.07) is 16.9. The molecule has 2 heterocycles. The summed E-state index contributed by atoms with van der Waals surface area (Å²) in [6.07, 6.45) is 1.59. The van der Waals surface area contributed by atoms with Crippen molar-refractivity contribution < 1.29 is 4.79 Å². The van der Waals surface area contributed by atoms with Crippen molar-refractivity contribution in [3.8, 4) is 11.3 Å². The normalized spacial score (nSPS) is 10.6. The maximum absolute atomic E-state index is 12.4. The van der Waals surface area contributed by atoms with Crippen LogP contribution in [0.1, 0.15) is 16.1 Å². The topological polar surface area (TPSA) is 64.2 Å². The van der Waals surface area contributed by atoms with Crippen LogP contribution in [0.15, 0.2) is 60.8 Å². The van der Waals surface area contributed by atoms with E-state index in [-0.39, 0.29) is 5.91 Å². The van der Waals surface area contributed by atoms with E-state index in [1.807, 2.05) is 49.4 Å². The van der Waals surface area contributed by atoms with Gasteiger partial charge in [-0.3, -0.25) is 9.48 Å². The molecule has 0 unspecified atom stereocenters. The number of aryl methyl sites for hydroxylation is 2. The molecule has 0 saturated carbocycles. The molecule has 136 valence electrons. The molecule has 6 nitrogen and oxygen atoms in total. The number of benzene rings is 2. The fourth-order valence-corrected chi connectivity index (χ4v) is 3.09. The lowest BCUT2D eigenvalue weighted by Crippen LogP contribution is -2.16. The van der Waals surface area contributed by atoms with Crippen LogP contribution >= 0.6 is 0 Å². The third kappa shape index (κ3) is 3.21. The van der Waals surface area contributed by atoms with Crippen LogP contribution in [0.2, 0.25) is 0 Å². The van der Waals surface area contributed by atoms with E-state index in [1.165, 1.54) is 4.68 Å². The molecule has 0 spiro atoms. The van der Waals surface area contributed by atoms with Crippen molar-refractivity contribution in [1.29, 1.82) is 0 Å². The quantitative estimate of drug-likeness (QED) is 0.532. The number of anilines is 1. The number of hydrogen-bond donors (Lipinski definition) is 1. The second kappa shape index (κ2) is 6.97. The lowest BCUT2D eigenvalue weighted by molar-refractivity contribution is 0.101. The minimum Gasteiger partial charge on any atom is -0.320 e. The van der Waals surface area contributed by atoms with Gasteiger partial charge in [0, 0.05) is 24.5 Å². The fraction of sp³-hybridized carbons (Fsp3) is 0.0909. The Bertz CT molecular complexity index is 1250. The summed E-state index contributed by atoms with van der Waals surface area (Å²) in [5, 5.41) is 7.89. The van der Waals surface area contributed by atoms with Gasteiger partial charge in [-0.25, -0.2) is 9.83 Å². The van der Waals surface area contributed by atoms with Gasteiger partial charge in [-0.05, 0) is 54.3 Å². The molecule has 0 radical (unpaired) electrons. The molecule has 0 bridgehead atoms.